The minimum Gasteiger partial charge on any atom is -0.239 e. The quantitative estimate of drug-likeness (QED) is 0.766. The molecular formula is C14H8ClF3N2. The van der Waals surface area contributed by atoms with E-state index in [1.165, 1.54) is 30.3 Å². The van der Waals surface area contributed by atoms with E-state index >= 15 is 0 Å². The molecule has 2 aromatic rings. The molecule has 0 bridgehead atoms. The highest BCUT2D eigenvalue weighted by Crippen LogP contribution is 2.38. The van der Waals surface area contributed by atoms with E-state index in [0.717, 1.165) is 6.07 Å². The highest BCUT2D eigenvalue weighted by atomic mass is 35.5. The summed E-state index contributed by atoms with van der Waals surface area (Å²) in [6.45, 7) is 0. The molecular weight excluding hydrogens is 289 g/mol. The fourth-order valence-corrected chi connectivity index (χ4v) is 2.09. The van der Waals surface area contributed by atoms with Crippen LogP contribution in [0, 0.1) is 11.3 Å². The molecule has 0 spiro atoms. The van der Waals surface area contributed by atoms with Gasteiger partial charge in [0.05, 0.1) is 23.7 Å². The standard InChI is InChI=1S/C14H8ClF3N2/c15-13-11(6-5-9(20-13)7-8-19)10-3-1-2-4-12(10)14(16,17)18/h1-6H,7H2. The number of benzene rings is 1. The molecule has 0 aliphatic rings. The highest BCUT2D eigenvalue weighted by Gasteiger charge is 2.33. The summed E-state index contributed by atoms with van der Waals surface area (Å²) in [6.07, 6.45) is -4.41. The summed E-state index contributed by atoms with van der Waals surface area (Å²) in [5.41, 5.74) is -0.176. The first kappa shape index (κ1) is 14.4. The second-order valence-electron chi connectivity index (χ2n) is 4.02. The Balaban J connectivity index is 2.56. The molecule has 0 aliphatic heterocycles. The third-order valence-corrected chi connectivity index (χ3v) is 2.98. The molecule has 0 fully saturated rings. The van der Waals surface area contributed by atoms with E-state index in [1.54, 1.807) is 0 Å². The van der Waals surface area contributed by atoms with E-state index in [1.807, 2.05) is 6.07 Å². The first-order valence-electron chi connectivity index (χ1n) is 5.62. The topological polar surface area (TPSA) is 36.7 Å². The Kier molecular flexibility index (Phi) is 3.96. The van der Waals surface area contributed by atoms with Crippen LogP contribution in [0.25, 0.3) is 11.1 Å². The number of aromatic nitrogens is 1. The molecule has 0 aliphatic carbocycles. The van der Waals surface area contributed by atoms with Gasteiger partial charge in [-0.15, -0.1) is 0 Å². The summed E-state index contributed by atoms with van der Waals surface area (Å²) in [6, 6.07) is 10.0. The maximum absolute atomic E-state index is 13.0. The van der Waals surface area contributed by atoms with Crippen molar-refractivity contribution in [3.63, 3.8) is 0 Å². The molecule has 0 saturated heterocycles. The number of alkyl halides is 3. The van der Waals surface area contributed by atoms with Gasteiger partial charge in [0.1, 0.15) is 5.15 Å². The largest absolute Gasteiger partial charge is 0.417 e. The van der Waals surface area contributed by atoms with Crippen molar-refractivity contribution in [1.82, 2.24) is 4.98 Å². The summed E-state index contributed by atoms with van der Waals surface area (Å²) < 4.78 is 38.9. The van der Waals surface area contributed by atoms with Crippen LogP contribution in [0.4, 0.5) is 13.2 Å². The van der Waals surface area contributed by atoms with Gasteiger partial charge in [-0.3, -0.25) is 0 Å². The molecule has 0 amide bonds. The van der Waals surface area contributed by atoms with Gasteiger partial charge >= 0.3 is 6.18 Å². The van der Waals surface area contributed by atoms with Gasteiger partial charge in [-0.1, -0.05) is 29.8 Å². The maximum Gasteiger partial charge on any atom is 0.417 e. The van der Waals surface area contributed by atoms with Crippen molar-refractivity contribution in [1.29, 1.82) is 5.26 Å². The van der Waals surface area contributed by atoms with Crippen LogP contribution in [-0.2, 0) is 12.6 Å². The van der Waals surface area contributed by atoms with E-state index in [0.29, 0.717) is 5.69 Å². The Bertz CT molecular complexity index is 675. The predicted molar refractivity (Wildman–Crippen MR) is 69.0 cm³/mol. The molecule has 2 rings (SSSR count). The first-order valence-corrected chi connectivity index (χ1v) is 6.00. The van der Waals surface area contributed by atoms with Crippen molar-refractivity contribution < 1.29 is 13.2 Å². The van der Waals surface area contributed by atoms with Gasteiger partial charge < -0.3 is 0 Å². The Morgan fingerprint density at radius 2 is 1.80 bits per heavy atom. The SMILES string of the molecule is N#CCc1ccc(-c2ccccc2C(F)(F)F)c(Cl)n1. The lowest BCUT2D eigenvalue weighted by atomic mass is 10.0. The van der Waals surface area contributed by atoms with Crippen LogP contribution in [0.15, 0.2) is 36.4 Å². The number of rotatable bonds is 2. The Labute approximate surface area is 118 Å². The number of halogens is 4. The molecule has 1 aromatic heterocycles. The van der Waals surface area contributed by atoms with Crippen molar-refractivity contribution in [3.05, 3.63) is 52.8 Å². The normalized spacial score (nSPS) is 11.2. The molecule has 20 heavy (non-hydrogen) atoms. The molecule has 102 valence electrons. The maximum atomic E-state index is 13.0. The Hall–Kier alpha value is -2.06. The van der Waals surface area contributed by atoms with Gasteiger partial charge in [-0.25, -0.2) is 4.98 Å². The molecule has 1 heterocycles. The van der Waals surface area contributed by atoms with Crippen LogP contribution >= 0.6 is 11.6 Å². The van der Waals surface area contributed by atoms with Crippen LogP contribution in [-0.4, -0.2) is 4.98 Å². The average Bonchev–Trinajstić information content (AvgIpc) is 2.38. The number of hydrogen-bond donors (Lipinski definition) is 0. The zero-order valence-corrected chi connectivity index (χ0v) is 10.8. The smallest absolute Gasteiger partial charge is 0.239 e. The fraction of sp³-hybridized carbons (Fsp3) is 0.143. The van der Waals surface area contributed by atoms with Gasteiger partial charge in [-0.05, 0) is 23.8 Å². The molecule has 0 radical (unpaired) electrons. The number of nitriles is 1. The lowest BCUT2D eigenvalue weighted by Gasteiger charge is -2.13. The molecule has 1 aromatic carbocycles. The molecule has 0 N–H and O–H groups in total. The second kappa shape index (κ2) is 5.51. The van der Waals surface area contributed by atoms with E-state index in [-0.39, 0.29) is 22.7 Å². The lowest BCUT2D eigenvalue weighted by molar-refractivity contribution is -0.137. The molecule has 0 unspecified atom stereocenters. The Morgan fingerprint density at radius 1 is 1.10 bits per heavy atom. The van der Waals surface area contributed by atoms with Crippen molar-refractivity contribution in [2.75, 3.05) is 0 Å². The first-order chi connectivity index (χ1) is 9.43. The second-order valence-corrected chi connectivity index (χ2v) is 4.38. The van der Waals surface area contributed by atoms with E-state index in [4.69, 9.17) is 16.9 Å². The zero-order valence-electron chi connectivity index (χ0n) is 10.1. The minimum absolute atomic E-state index is 0.0268. The highest BCUT2D eigenvalue weighted by molar-refractivity contribution is 6.32. The van der Waals surface area contributed by atoms with Gasteiger partial charge in [0.15, 0.2) is 0 Å². The summed E-state index contributed by atoms with van der Waals surface area (Å²) in [4.78, 5) is 3.94. The van der Waals surface area contributed by atoms with Crippen molar-refractivity contribution in [2.45, 2.75) is 12.6 Å². The van der Waals surface area contributed by atoms with Crippen LogP contribution in [0.3, 0.4) is 0 Å². The summed E-state index contributed by atoms with van der Waals surface area (Å²) in [7, 11) is 0. The van der Waals surface area contributed by atoms with Crippen molar-refractivity contribution in [2.24, 2.45) is 0 Å². The zero-order chi connectivity index (χ0) is 14.8. The van der Waals surface area contributed by atoms with E-state index in [2.05, 4.69) is 4.98 Å². The third-order valence-electron chi connectivity index (χ3n) is 2.69. The van der Waals surface area contributed by atoms with E-state index in [9.17, 15) is 13.2 Å². The van der Waals surface area contributed by atoms with Crippen LogP contribution < -0.4 is 0 Å². The third kappa shape index (κ3) is 2.91. The fourth-order valence-electron chi connectivity index (χ4n) is 1.82. The Morgan fingerprint density at radius 3 is 2.40 bits per heavy atom. The summed E-state index contributed by atoms with van der Waals surface area (Å²) in [5, 5.41) is 8.52. The predicted octanol–water partition coefficient (Wildman–Crippen LogP) is 4.49. The summed E-state index contributed by atoms with van der Waals surface area (Å²) >= 11 is 5.93. The monoisotopic (exact) mass is 296 g/mol. The van der Waals surface area contributed by atoms with Crippen molar-refractivity contribution in [3.8, 4) is 17.2 Å². The number of pyridine rings is 1. The number of hydrogen-bond acceptors (Lipinski definition) is 2. The molecule has 0 saturated carbocycles. The molecule has 0 atom stereocenters. The van der Waals surface area contributed by atoms with Gasteiger partial charge in [0, 0.05) is 5.56 Å². The minimum atomic E-state index is -4.47. The van der Waals surface area contributed by atoms with Crippen LogP contribution in [0.2, 0.25) is 5.15 Å². The van der Waals surface area contributed by atoms with Gasteiger partial charge in [0.2, 0.25) is 0 Å². The van der Waals surface area contributed by atoms with Gasteiger partial charge in [0.25, 0.3) is 0 Å². The molecule has 6 heteroatoms. The van der Waals surface area contributed by atoms with Crippen LogP contribution in [0.5, 0.6) is 0 Å². The lowest BCUT2D eigenvalue weighted by Crippen LogP contribution is -2.07. The number of nitrogens with zero attached hydrogens (tertiary/aromatic N) is 2. The average molecular weight is 297 g/mol. The molecule has 2 nitrogen and oxygen atoms in total. The van der Waals surface area contributed by atoms with Crippen LogP contribution in [0.1, 0.15) is 11.3 Å². The summed E-state index contributed by atoms with van der Waals surface area (Å²) in [5.74, 6) is 0. The van der Waals surface area contributed by atoms with E-state index < -0.39 is 11.7 Å². The van der Waals surface area contributed by atoms with Crippen molar-refractivity contribution >= 4 is 11.6 Å². The van der Waals surface area contributed by atoms with Gasteiger partial charge in [-0.2, -0.15) is 18.4 Å².